The van der Waals surface area contributed by atoms with Crippen LogP contribution < -0.4 is 20.4 Å². The maximum atomic E-state index is 13.2. The van der Waals surface area contributed by atoms with E-state index >= 15 is 0 Å². The van der Waals surface area contributed by atoms with Gasteiger partial charge in [-0.1, -0.05) is 76.6 Å². The zero-order valence-corrected chi connectivity index (χ0v) is 27.0. The van der Waals surface area contributed by atoms with Crippen LogP contribution in [0.15, 0.2) is 48.5 Å². The maximum absolute atomic E-state index is 13.2. The molecule has 9 nitrogen and oxygen atoms in total. The number of nitrogens with one attached hydrogen (secondary N) is 2. The Labute approximate surface area is 262 Å². The minimum absolute atomic E-state index is 0.00543. The average Bonchev–Trinajstić information content (AvgIpc) is 2.97. The van der Waals surface area contributed by atoms with Crippen molar-refractivity contribution in [3.63, 3.8) is 0 Å². The molecule has 0 aromatic heterocycles. The molecule has 1 atom stereocenters. The number of carbonyl (C=O) groups is 3. The summed E-state index contributed by atoms with van der Waals surface area (Å²) in [4.78, 5) is 50.2. The lowest BCUT2D eigenvalue weighted by molar-refractivity contribution is -0.196. The summed E-state index contributed by atoms with van der Waals surface area (Å²) in [7, 11) is -0.456. The number of para-hydroxylation sites is 1. The van der Waals surface area contributed by atoms with Gasteiger partial charge in [0, 0.05) is 61.6 Å². The van der Waals surface area contributed by atoms with Gasteiger partial charge >= 0.3 is 0 Å². The van der Waals surface area contributed by atoms with Crippen LogP contribution in [-0.4, -0.2) is 55.6 Å². The van der Waals surface area contributed by atoms with Gasteiger partial charge in [-0.25, -0.2) is 0 Å². The maximum Gasteiger partial charge on any atom is 0.227 e. The van der Waals surface area contributed by atoms with Crippen molar-refractivity contribution in [2.24, 2.45) is 0 Å². The van der Waals surface area contributed by atoms with E-state index in [1.165, 1.54) is 0 Å². The fraction of sp³-hybridized carbons (Fsp3) is 0.452. The van der Waals surface area contributed by atoms with E-state index in [-0.39, 0.29) is 37.2 Å². The van der Waals surface area contributed by atoms with E-state index in [1.54, 1.807) is 26.5 Å². The van der Waals surface area contributed by atoms with Crippen LogP contribution in [0, 0.1) is 11.8 Å². The van der Waals surface area contributed by atoms with Crippen molar-refractivity contribution in [1.29, 1.82) is 0 Å². The van der Waals surface area contributed by atoms with Gasteiger partial charge in [-0.3, -0.25) is 14.4 Å². The van der Waals surface area contributed by atoms with Gasteiger partial charge in [0.15, 0.2) is 0 Å². The molecule has 12 heteroatoms. The van der Waals surface area contributed by atoms with Gasteiger partial charge in [0.25, 0.3) is 0 Å². The largest absolute Gasteiger partial charge is 0.779 e. The highest BCUT2D eigenvalue weighted by molar-refractivity contribution is 8.76. The van der Waals surface area contributed by atoms with Crippen molar-refractivity contribution in [3.05, 3.63) is 65.2 Å². The minimum Gasteiger partial charge on any atom is -0.779 e. The second-order valence-corrected chi connectivity index (χ2v) is 14.5. The Morgan fingerprint density at radius 3 is 2.33 bits per heavy atom. The molecular formula is C31H39N3O6PS2-. The summed E-state index contributed by atoms with van der Waals surface area (Å²) in [6.07, 6.45) is 3.91. The molecule has 0 saturated heterocycles. The lowest BCUT2D eigenvalue weighted by Crippen LogP contribution is -2.33. The van der Waals surface area contributed by atoms with Crippen LogP contribution in [0.5, 0.6) is 0 Å². The third-order valence-corrected chi connectivity index (χ3v) is 9.52. The summed E-state index contributed by atoms with van der Waals surface area (Å²) in [5.41, 5.74) is 3.41. The zero-order chi connectivity index (χ0) is 30.9. The quantitative estimate of drug-likeness (QED) is 0.105. The normalized spacial score (nSPS) is 13.3. The van der Waals surface area contributed by atoms with Crippen molar-refractivity contribution in [3.8, 4) is 11.8 Å². The Morgan fingerprint density at radius 1 is 0.860 bits per heavy atom. The first kappa shape index (κ1) is 34.7. The van der Waals surface area contributed by atoms with Crippen LogP contribution in [0.3, 0.4) is 0 Å². The summed E-state index contributed by atoms with van der Waals surface area (Å²) in [6.45, 7) is 2.77. The standard InChI is InChI=1S/C31H40N3O6PS2/c1-41(38,39)40-21-9-3-2-8-19-32-30(36)18-22-42-43-23-20-33-29(35)16-17-31(37)34-24-27-12-5-4-10-25(27)14-15-26-11-6-7-13-28(26)34/h4-7,10-13H,2-3,8-9,16-24H2,1H3,(H,32,36)(H,33,35)(H,38,39)/p-1. The van der Waals surface area contributed by atoms with Crippen LogP contribution in [0.1, 0.15) is 61.6 Å². The van der Waals surface area contributed by atoms with Crippen molar-refractivity contribution in [2.75, 3.05) is 42.8 Å². The van der Waals surface area contributed by atoms with E-state index in [0.717, 1.165) is 48.3 Å². The van der Waals surface area contributed by atoms with E-state index in [4.69, 9.17) is 4.52 Å². The molecule has 3 rings (SSSR count). The second-order valence-electron chi connectivity index (χ2n) is 10.0. The summed E-state index contributed by atoms with van der Waals surface area (Å²) in [5.74, 6) is 7.48. The van der Waals surface area contributed by atoms with Gasteiger partial charge < -0.3 is 29.5 Å². The molecule has 0 radical (unpaired) electrons. The second kappa shape index (κ2) is 18.8. The van der Waals surface area contributed by atoms with Gasteiger partial charge in [0.1, 0.15) is 7.60 Å². The molecular weight excluding hydrogens is 605 g/mol. The topological polar surface area (TPSA) is 128 Å². The molecule has 1 heterocycles. The molecule has 232 valence electrons. The average molecular weight is 645 g/mol. The molecule has 43 heavy (non-hydrogen) atoms. The summed E-state index contributed by atoms with van der Waals surface area (Å²) < 4.78 is 15.6. The highest BCUT2D eigenvalue weighted by Gasteiger charge is 2.21. The Balaban J connectivity index is 1.24. The molecule has 1 aliphatic heterocycles. The molecule has 0 aliphatic carbocycles. The lowest BCUT2D eigenvalue weighted by Gasteiger charge is -2.26. The Kier molecular flexibility index (Phi) is 15.2. The number of hydrogen-bond donors (Lipinski definition) is 2. The number of amides is 3. The molecule has 0 spiro atoms. The molecule has 1 aliphatic rings. The number of unbranched alkanes of at least 4 members (excludes halogenated alkanes) is 3. The monoisotopic (exact) mass is 644 g/mol. The van der Waals surface area contributed by atoms with Crippen molar-refractivity contribution in [2.45, 2.75) is 51.5 Å². The van der Waals surface area contributed by atoms with Gasteiger partial charge in [0.05, 0.1) is 18.8 Å². The van der Waals surface area contributed by atoms with Gasteiger partial charge in [-0.05, 0) is 36.6 Å². The van der Waals surface area contributed by atoms with Crippen LogP contribution in [-0.2, 0) is 30.0 Å². The van der Waals surface area contributed by atoms with Crippen molar-refractivity contribution < 1.29 is 28.4 Å². The Morgan fingerprint density at radius 2 is 1.51 bits per heavy atom. The third-order valence-electron chi connectivity index (χ3n) is 6.46. The Bertz CT molecular complexity index is 1340. The predicted octanol–water partition coefficient (Wildman–Crippen LogP) is 4.48. The summed E-state index contributed by atoms with van der Waals surface area (Å²) in [5, 5.41) is 5.77. The summed E-state index contributed by atoms with van der Waals surface area (Å²) >= 11 is 0. The number of hydrogen-bond acceptors (Lipinski definition) is 8. The molecule has 0 bridgehead atoms. The van der Waals surface area contributed by atoms with Gasteiger partial charge in [0.2, 0.25) is 17.7 Å². The number of anilines is 1. The molecule has 2 aromatic rings. The number of fused-ring (bicyclic) bond motifs is 2. The zero-order valence-electron chi connectivity index (χ0n) is 24.5. The molecule has 2 N–H and O–H groups in total. The van der Waals surface area contributed by atoms with E-state index in [9.17, 15) is 23.8 Å². The number of benzene rings is 2. The van der Waals surface area contributed by atoms with E-state index in [2.05, 4.69) is 22.5 Å². The molecule has 0 fully saturated rings. The molecule has 0 saturated carbocycles. The van der Waals surface area contributed by atoms with E-state index < -0.39 is 7.60 Å². The first-order valence-corrected chi connectivity index (χ1v) is 18.9. The fourth-order valence-corrected chi connectivity index (χ4v) is 6.62. The highest BCUT2D eigenvalue weighted by Crippen LogP contribution is 2.31. The number of rotatable bonds is 18. The number of nitrogens with zero attached hydrogens (tertiary/aromatic N) is 1. The third kappa shape index (κ3) is 13.6. The lowest BCUT2D eigenvalue weighted by atomic mass is 10.0. The van der Waals surface area contributed by atoms with E-state index in [1.807, 2.05) is 48.5 Å². The van der Waals surface area contributed by atoms with Crippen LogP contribution >= 0.6 is 29.2 Å². The highest BCUT2D eigenvalue weighted by atomic mass is 33.1. The molecule has 3 amide bonds. The van der Waals surface area contributed by atoms with Crippen molar-refractivity contribution >= 4 is 52.6 Å². The SMILES string of the molecule is CP(=O)([O-])OCCCCCCNC(=O)CCSSCCNC(=O)CCC(=O)N1Cc2ccccc2C#Cc2ccccc21. The smallest absolute Gasteiger partial charge is 0.227 e. The van der Waals surface area contributed by atoms with Gasteiger partial charge in [-0.15, -0.1) is 0 Å². The summed E-state index contributed by atoms with van der Waals surface area (Å²) in [6, 6.07) is 15.4. The van der Waals surface area contributed by atoms with E-state index in [0.29, 0.717) is 44.0 Å². The van der Waals surface area contributed by atoms with Gasteiger partial charge in [-0.2, -0.15) is 0 Å². The minimum atomic E-state index is -3.64. The molecule has 1 unspecified atom stereocenters. The van der Waals surface area contributed by atoms with Crippen molar-refractivity contribution in [1.82, 2.24) is 10.6 Å². The van der Waals surface area contributed by atoms with Crippen LogP contribution in [0.2, 0.25) is 0 Å². The van der Waals surface area contributed by atoms with Crippen LogP contribution in [0.25, 0.3) is 0 Å². The molecule has 2 aromatic carbocycles. The predicted molar refractivity (Wildman–Crippen MR) is 173 cm³/mol. The van der Waals surface area contributed by atoms with Crippen LogP contribution in [0.4, 0.5) is 5.69 Å². The number of carbonyl (C=O) groups excluding carboxylic acids is 3. The first-order chi connectivity index (χ1) is 20.7. The Hall–Kier alpha value is -2.74. The first-order valence-electron chi connectivity index (χ1n) is 14.4. The fourth-order valence-electron chi connectivity index (χ4n) is 4.26.